The minimum atomic E-state index is -1.00. The fourth-order valence-electron chi connectivity index (χ4n) is 6.95. The second-order valence-corrected chi connectivity index (χ2v) is 12.9. The molecule has 4 nitrogen and oxygen atoms in total. The highest BCUT2D eigenvalue weighted by atomic mass is 16.4. The van der Waals surface area contributed by atoms with E-state index in [4.69, 9.17) is 0 Å². The lowest BCUT2D eigenvalue weighted by atomic mass is 9.70. The molecule has 6 atom stereocenters. The third-order valence-corrected chi connectivity index (χ3v) is 9.60. The van der Waals surface area contributed by atoms with Crippen molar-refractivity contribution in [1.29, 1.82) is 0 Å². The van der Waals surface area contributed by atoms with E-state index in [1.807, 2.05) is 0 Å². The SMILES string of the molecule is CCCCCC(C(C(=O)O)=C(C(=O)O)C(CCCCC)C(C)CC(CC)CCCC)C(C)CC(CC)CCCC. The summed E-state index contributed by atoms with van der Waals surface area (Å²) in [5, 5.41) is 21.5. The number of unbranched alkanes of at least 4 members (excludes halogenated alkanes) is 6. The minimum Gasteiger partial charge on any atom is -0.478 e. The van der Waals surface area contributed by atoms with E-state index in [-0.39, 0.29) is 34.8 Å². The van der Waals surface area contributed by atoms with Gasteiger partial charge < -0.3 is 10.2 Å². The Labute approximate surface area is 249 Å². The number of carbonyl (C=O) groups is 2. The van der Waals surface area contributed by atoms with Crippen LogP contribution in [0, 0.1) is 35.5 Å². The summed E-state index contributed by atoms with van der Waals surface area (Å²) in [5.74, 6) is -0.999. The summed E-state index contributed by atoms with van der Waals surface area (Å²) in [6, 6.07) is 0. The maximum atomic E-state index is 13.1. The van der Waals surface area contributed by atoms with E-state index in [1.165, 1.54) is 38.5 Å². The van der Waals surface area contributed by atoms with E-state index in [2.05, 4.69) is 55.4 Å². The quantitative estimate of drug-likeness (QED) is 0.0809. The Morgan fingerprint density at radius 1 is 0.500 bits per heavy atom. The van der Waals surface area contributed by atoms with E-state index >= 15 is 0 Å². The first-order valence-corrected chi connectivity index (χ1v) is 17.3. The zero-order chi connectivity index (χ0) is 30.5. The minimum absolute atomic E-state index is 0.152. The predicted molar refractivity (Wildman–Crippen MR) is 172 cm³/mol. The molecule has 0 radical (unpaired) electrons. The lowest BCUT2D eigenvalue weighted by Gasteiger charge is -2.33. The highest BCUT2D eigenvalue weighted by Gasteiger charge is 2.37. The Bertz CT molecular complexity index is 639. The van der Waals surface area contributed by atoms with E-state index in [0.717, 1.165) is 77.0 Å². The van der Waals surface area contributed by atoms with Crippen LogP contribution in [0.5, 0.6) is 0 Å². The Morgan fingerprint density at radius 2 is 0.825 bits per heavy atom. The summed E-state index contributed by atoms with van der Waals surface area (Å²) in [6.45, 7) is 17.6. The Hall–Kier alpha value is -1.32. The average molecular weight is 565 g/mol. The number of carboxylic acid groups (broad SMARTS) is 2. The molecule has 4 heteroatoms. The molecule has 0 saturated carbocycles. The zero-order valence-corrected chi connectivity index (χ0v) is 27.9. The van der Waals surface area contributed by atoms with Crippen LogP contribution in [0.15, 0.2) is 11.1 Å². The molecule has 2 N–H and O–H groups in total. The molecule has 0 aromatic heterocycles. The molecule has 0 heterocycles. The Kier molecular flexibility index (Phi) is 22.5. The highest BCUT2D eigenvalue weighted by Crippen LogP contribution is 2.41. The van der Waals surface area contributed by atoms with Crippen LogP contribution >= 0.6 is 0 Å². The molecule has 40 heavy (non-hydrogen) atoms. The van der Waals surface area contributed by atoms with Gasteiger partial charge in [0.1, 0.15) is 0 Å². The van der Waals surface area contributed by atoms with Crippen molar-refractivity contribution in [2.75, 3.05) is 0 Å². The summed E-state index contributed by atoms with van der Waals surface area (Å²) in [6.07, 6.45) is 18.9. The van der Waals surface area contributed by atoms with Gasteiger partial charge in [0, 0.05) is 0 Å². The van der Waals surface area contributed by atoms with Gasteiger partial charge in [0.05, 0.1) is 11.1 Å². The molecule has 236 valence electrons. The molecule has 0 aliphatic carbocycles. The van der Waals surface area contributed by atoms with E-state index in [9.17, 15) is 19.8 Å². The molecular formula is C36H68O4. The van der Waals surface area contributed by atoms with Crippen molar-refractivity contribution in [3.63, 3.8) is 0 Å². The summed E-state index contributed by atoms with van der Waals surface area (Å²) < 4.78 is 0. The van der Waals surface area contributed by atoms with Crippen LogP contribution in [0.2, 0.25) is 0 Å². The molecule has 0 aromatic rings. The van der Waals surface area contributed by atoms with Crippen LogP contribution < -0.4 is 0 Å². The zero-order valence-electron chi connectivity index (χ0n) is 27.9. The van der Waals surface area contributed by atoms with Gasteiger partial charge in [0.2, 0.25) is 0 Å². The largest absolute Gasteiger partial charge is 0.478 e. The molecule has 0 rings (SSSR count). The maximum absolute atomic E-state index is 13.1. The lowest BCUT2D eigenvalue weighted by molar-refractivity contribution is -0.137. The number of hydrogen-bond donors (Lipinski definition) is 2. The Morgan fingerprint density at radius 3 is 1.07 bits per heavy atom. The van der Waals surface area contributed by atoms with E-state index in [0.29, 0.717) is 11.8 Å². The molecule has 0 aliphatic heterocycles. The van der Waals surface area contributed by atoms with Gasteiger partial charge in [-0.25, -0.2) is 9.59 Å². The molecule has 0 amide bonds. The van der Waals surface area contributed by atoms with Crippen molar-refractivity contribution in [1.82, 2.24) is 0 Å². The third-order valence-electron chi connectivity index (χ3n) is 9.60. The number of hydrogen-bond acceptors (Lipinski definition) is 2. The smallest absolute Gasteiger partial charge is 0.332 e. The summed E-state index contributed by atoms with van der Waals surface area (Å²) in [7, 11) is 0. The van der Waals surface area contributed by atoms with Crippen molar-refractivity contribution in [2.24, 2.45) is 35.5 Å². The number of aliphatic carboxylic acids is 2. The van der Waals surface area contributed by atoms with Crippen LogP contribution in [-0.4, -0.2) is 22.2 Å². The monoisotopic (exact) mass is 565 g/mol. The van der Waals surface area contributed by atoms with Gasteiger partial charge in [0.25, 0.3) is 0 Å². The number of carboxylic acids is 2. The average Bonchev–Trinajstić information content (AvgIpc) is 2.92. The summed E-state index contributed by atoms with van der Waals surface area (Å²) in [5.41, 5.74) is 0.466. The molecule has 0 aliphatic rings. The van der Waals surface area contributed by atoms with Gasteiger partial charge in [-0.15, -0.1) is 0 Å². The molecule has 0 saturated heterocycles. The Balaban J connectivity index is 6.74. The van der Waals surface area contributed by atoms with Crippen molar-refractivity contribution in [3.05, 3.63) is 11.1 Å². The fraction of sp³-hybridized carbons (Fsp3) is 0.889. The molecule has 0 spiro atoms. The van der Waals surface area contributed by atoms with Gasteiger partial charge in [-0.2, -0.15) is 0 Å². The molecular weight excluding hydrogens is 496 g/mol. The molecule has 0 aromatic carbocycles. The maximum Gasteiger partial charge on any atom is 0.332 e. The van der Waals surface area contributed by atoms with Crippen molar-refractivity contribution in [3.8, 4) is 0 Å². The first-order chi connectivity index (χ1) is 19.1. The normalized spacial score (nSPS) is 17.0. The third kappa shape index (κ3) is 14.5. The van der Waals surface area contributed by atoms with Gasteiger partial charge >= 0.3 is 11.9 Å². The number of rotatable bonds is 26. The second-order valence-electron chi connectivity index (χ2n) is 12.9. The predicted octanol–water partition coefficient (Wildman–Crippen LogP) is 11.3. The van der Waals surface area contributed by atoms with Crippen molar-refractivity contribution >= 4 is 11.9 Å². The second kappa shape index (κ2) is 23.3. The topological polar surface area (TPSA) is 74.6 Å². The van der Waals surface area contributed by atoms with Crippen LogP contribution in [0.25, 0.3) is 0 Å². The van der Waals surface area contributed by atoms with Crippen LogP contribution in [0.3, 0.4) is 0 Å². The lowest BCUT2D eigenvalue weighted by Crippen LogP contribution is -2.30. The van der Waals surface area contributed by atoms with Crippen LogP contribution in [-0.2, 0) is 9.59 Å². The van der Waals surface area contributed by atoms with Gasteiger partial charge in [-0.1, -0.05) is 145 Å². The highest BCUT2D eigenvalue weighted by molar-refractivity contribution is 5.99. The van der Waals surface area contributed by atoms with E-state index < -0.39 is 11.9 Å². The molecule has 0 bridgehead atoms. The van der Waals surface area contributed by atoms with Gasteiger partial charge in [-0.3, -0.25) is 0 Å². The first-order valence-electron chi connectivity index (χ1n) is 17.3. The first kappa shape index (κ1) is 38.7. The summed E-state index contributed by atoms with van der Waals surface area (Å²) >= 11 is 0. The molecule has 0 fully saturated rings. The fourth-order valence-corrected chi connectivity index (χ4v) is 6.95. The van der Waals surface area contributed by atoms with Crippen LogP contribution in [0.1, 0.15) is 171 Å². The van der Waals surface area contributed by atoms with Gasteiger partial charge in [0.15, 0.2) is 0 Å². The van der Waals surface area contributed by atoms with Crippen molar-refractivity contribution < 1.29 is 19.8 Å². The summed E-state index contributed by atoms with van der Waals surface area (Å²) in [4.78, 5) is 26.2. The van der Waals surface area contributed by atoms with Gasteiger partial charge in [-0.05, 0) is 61.2 Å². The molecule has 6 unspecified atom stereocenters. The van der Waals surface area contributed by atoms with Crippen LogP contribution in [0.4, 0.5) is 0 Å². The van der Waals surface area contributed by atoms with Crippen molar-refractivity contribution in [2.45, 2.75) is 171 Å². The van der Waals surface area contributed by atoms with E-state index in [1.54, 1.807) is 0 Å². The standard InChI is InChI=1S/C36H68O4/c1-9-15-19-23-31(27(7)25-29(13-5)21-17-11-3)33(35(37)38)34(36(39)40)32(24-20-16-10-2)28(8)26-30(14-6)22-18-12-4/h27-32H,9-26H2,1-8H3,(H,37,38)(H,39,40).